The molecule has 0 amide bonds. The van der Waals surface area contributed by atoms with Crippen LogP contribution in [0, 0.1) is 5.82 Å². The third-order valence-corrected chi connectivity index (χ3v) is 5.48. The molecule has 1 rings (SSSR count). The van der Waals surface area contributed by atoms with Gasteiger partial charge in [-0.25, -0.2) is 4.39 Å². The minimum Gasteiger partial charge on any atom is -0.381 e. The summed E-state index contributed by atoms with van der Waals surface area (Å²) in [5.74, 6) is -0.194. The van der Waals surface area contributed by atoms with Crippen molar-refractivity contribution >= 4 is 31.9 Å². The second-order valence-electron chi connectivity index (χ2n) is 4.77. The van der Waals surface area contributed by atoms with Crippen LogP contribution in [0.1, 0.15) is 31.7 Å². The van der Waals surface area contributed by atoms with Crippen LogP contribution in [0.5, 0.6) is 0 Å². The quantitative estimate of drug-likeness (QED) is 0.419. The summed E-state index contributed by atoms with van der Waals surface area (Å²) >= 11 is 7.18. The molecule has 0 aromatic heterocycles. The topological polar surface area (TPSA) is 9.23 Å². The summed E-state index contributed by atoms with van der Waals surface area (Å²) in [5.41, 5.74) is 1.10. The Kier molecular flexibility index (Phi) is 8.19. The van der Waals surface area contributed by atoms with Crippen LogP contribution in [0.25, 0.3) is 0 Å². The maximum Gasteiger partial charge on any atom is 0.123 e. The van der Waals surface area contributed by atoms with E-state index in [1.807, 2.05) is 12.1 Å². The van der Waals surface area contributed by atoms with Crippen LogP contribution in [0.15, 0.2) is 24.3 Å². The van der Waals surface area contributed by atoms with E-state index in [1.54, 1.807) is 0 Å². The molecule has 0 spiro atoms. The van der Waals surface area contributed by atoms with Gasteiger partial charge in [0.05, 0.1) is 0 Å². The minimum atomic E-state index is -0.194. The lowest BCUT2D eigenvalue weighted by atomic mass is 9.82. The Balaban J connectivity index is 2.65. The second-order valence-corrected chi connectivity index (χ2v) is 5.89. The van der Waals surface area contributed by atoms with Crippen molar-refractivity contribution in [2.24, 2.45) is 0 Å². The van der Waals surface area contributed by atoms with Gasteiger partial charge in [-0.3, -0.25) is 0 Å². The van der Waals surface area contributed by atoms with Gasteiger partial charge in [-0.2, -0.15) is 0 Å². The Bertz CT molecular complexity index is 350. The molecule has 0 N–H and O–H groups in total. The molecule has 1 nitrogen and oxygen atoms in total. The lowest BCUT2D eigenvalue weighted by Gasteiger charge is -2.30. The minimum absolute atomic E-state index is 0.0418. The average molecular weight is 396 g/mol. The van der Waals surface area contributed by atoms with E-state index in [0.29, 0.717) is 0 Å². The number of alkyl halides is 2. The lowest BCUT2D eigenvalue weighted by Crippen LogP contribution is -2.32. The van der Waals surface area contributed by atoms with Gasteiger partial charge in [0, 0.05) is 29.3 Å². The molecule has 0 aliphatic carbocycles. The molecular weight excluding hydrogens is 375 g/mol. The highest BCUT2D eigenvalue weighted by Gasteiger charge is 2.29. The number of unbranched alkanes of at least 4 members (excludes halogenated alkanes) is 1. The maximum absolute atomic E-state index is 13.0. The molecule has 0 bridgehead atoms. The average Bonchev–Trinajstić information content (AvgIpc) is 2.45. The predicted octanol–water partition coefficient (Wildman–Crippen LogP) is 5.06. The standard InChI is InChI=1S/C15H21Br2FO/c1-2-3-9-19-10-8-15(11-16,12-17)13-4-6-14(18)7-5-13/h4-7H,2-3,8-12H2,1H3. The van der Waals surface area contributed by atoms with Crippen molar-refractivity contribution in [3.8, 4) is 0 Å². The molecule has 0 aliphatic rings. The van der Waals surface area contributed by atoms with Crippen molar-refractivity contribution in [2.45, 2.75) is 31.6 Å². The van der Waals surface area contributed by atoms with E-state index < -0.39 is 0 Å². The van der Waals surface area contributed by atoms with Gasteiger partial charge >= 0.3 is 0 Å². The van der Waals surface area contributed by atoms with Crippen molar-refractivity contribution < 1.29 is 9.13 Å². The van der Waals surface area contributed by atoms with Crippen LogP contribution in [-0.2, 0) is 10.2 Å². The summed E-state index contributed by atoms with van der Waals surface area (Å²) in [5, 5.41) is 1.65. The number of rotatable bonds is 9. The lowest BCUT2D eigenvalue weighted by molar-refractivity contribution is 0.117. The van der Waals surface area contributed by atoms with Crippen LogP contribution in [0.3, 0.4) is 0 Å². The summed E-state index contributed by atoms with van der Waals surface area (Å²) in [6.07, 6.45) is 3.17. The zero-order valence-electron chi connectivity index (χ0n) is 11.3. The van der Waals surface area contributed by atoms with Crippen LogP contribution in [0.2, 0.25) is 0 Å². The highest BCUT2D eigenvalue weighted by Crippen LogP contribution is 2.32. The molecule has 1 aromatic carbocycles. The first kappa shape index (κ1) is 17.1. The van der Waals surface area contributed by atoms with E-state index in [2.05, 4.69) is 38.8 Å². The zero-order valence-corrected chi connectivity index (χ0v) is 14.5. The van der Waals surface area contributed by atoms with E-state index in [4.69, 9.17) is 4.74 Å². The van der Waals surface area contributed by atoms with Crippen molar-refractivity contribution in [3.05, 3.63) is 35.6 Å². The first-order valence-electron chi connectivity index (χ1n) is 6.64. The molecule has 0 unspecified atom stereocenters. The predicted molar refractivity (Wildman–Crippen MR) is 86.0 cm³/mol. The van der Waals surface area contributed by atoms with E-state index in [-0.39, 0.29) is 11.2 Å². The van der Waals surface area contributed by atoms with Crippen LogP contribution in [0.4, 0.5) is 4.39 Å². The van der Waals surface area contributed by atoms with Gasteiger partial charge in [-0.05, 0) is 30.5 Å². The van der Waals surface area contributed by atoms with Crippen LogP contribution >= 0.6 is 31.9 Å². The van der Waals surface area contributed by atoms with Crippen LogP contribution < -0.4 is 0 Å². The molecular formula is C15H21Br2FO. The van der Waals surface area contributed by atoms with Gasteiger partial charge in [0.15, 0.2) is 0 Å². The number of hydrogen-bond acceptors (Lipinski definition) is 1. The summed E-state index contributed by atoms with van der Waals surface area (Å²) in [7, 11) is 0. The summed E-state index contributed by atoms with van der Waals surface area (Å²) in [4.78, 5) is 0. The molecule has 0 atom stereocenters. The molecule has 4 heteroatoms. The smallest absolute Gasteiger partial charge is 0.123 e. The van der Waals surface area contributed by atoms with Gasteiger partial charge in [-0.15, -0.1) is 0 Å². The monoisotopic (exact) mass is 394 g/mol. The number of halogens is 3. The Morgan fingerprint density at radius 3 is 2.26 bits per heavy atom. The Labute approximate surface area is 132 Å². The highest BCUT2D eigenvalue weighted by molar-refractivity contribution is 9.09. The second kappa shape index (κ2) is 9.09. The van der Waals surface area contributed by atoms with E-state index in [9.17, 15) is 4.39 Å². The number of hydrogen-bond donors (Lipinski definition) is 0. The van der Waals surface area contributed by atoms with E-state index in [0.717, 1.165) is 48.7 Å². The third kappa shape index (κ3) is 5.16. The first-order chi connectivity index (χ1) is 9.18. The fraction of sp³-hybridized carbons (Fsp3) is 0.600. The van der Waals surface area contributed by atoms with E-state index in [1.165, 1.54) is 12.1 Å². The fourth-order valence-corrected chi connectivity index (χ4v) is 4.02. The molecule has 108 valence electrons. The summed E-state index contributed by atoms with van der Waals surface area (Å²) in [6.45, 7) is 3.71. The normalized spacial score (nSPS) is 11.8. The molecule has 1 aromatic rings. The SMILES string of the molecule is CCCCOCCC(CBr)(CBr)c1ccc(F)cc1. The highest BCUT2D eigenvalue weighted by atomic mass is 79.9. The first-order valence-corrected chi connectivity index (χ1v) is 8.88. The fourth-order valence-electron chi connectivity index (χ4n) is 1.89. The van der Waals surface area contributed by atoms with Crippen molar-refractivity contribution in [1.29, 1.82) is 0 Å². The Hall–Kier alpha value is 0.0700. The van der Waals surface area contributed by atoms with Crippen molar-refractivity contribution in [2.75, 3.05) is 23.9 Å². The molecule has 0 radical (unpaired) electrons. The third-order valence-electron chi connectivity index (χ3n) is 3.34. The van der Waals surface area contributed by atoms with E-state index >= 15 is 0 Å². The van der Waals surface area contributed by atoms with Gasteiger partial charge in [0.2, 0.25) is 0 Å². The molecule has 0 heterocycles. The molecule has 19 heavy (non-hydrogen) atoms. The number of ether oxygens (including phenoxy) is 1. The summed E-state index contributed by atoms with van der Waals surface area (Å²) in [6, 6.07) is 6.77. The molecule has 0 saturated heterocycles. The van der Waals surface area contributed by atoms with Gasteiger partial charge in [0.1, 0.15) is 5.82 Å². The van der Waals surface area contributed by atoms with Crippen molar-refractivity contribution in [3.63, 3.8) is 0 Å². The number of benzene rings is 1. The maximum atomic E-state index is 13.0. The van der Waals surface area contributed by atoms with Gasteiger partial charge < -0.3 is 4.74 Å². The van der Waals surface area contributed by atoms with Crippen molar-refractivity contribution in [1.82, 2.24) is 0 Å². The Morgan fingerprint density at radius 2 is 1.74 bits per heavy atom. The van der Waals surface area contributed by atoms with Gasteiger partial charge in [-0.1, -0.05) is 57.3 Å². The zero-order chi connectivity index (χ0) is 14.1. The molecule has 0 fully saturated rings. The van der Waals surface area contributed by atoms with Gasteiger partial charge in [0.25, 0.3) is 0 Å². The molecule has 0 saturated carbocycles. The largest absolute Gasteiger partial charge is 0.381 e. The Morgan fingerprint density at radius 1 is 1.11 bits per heavy atom. The summed E-state index contributed by atoms with van der Waals surface area (Å²) < 4.78 is 18.7. The van der Waals surface area contributed by atoms with Crippen LogP contribution in [-0.4, -0.2) is 23.9 Å². The molecule has 0 aliphatic heterocycles.